The van der Waals surface area contributed by atoms with E-state index < -0.39 is 0 Å². The summed E-state index contributed by atoms with van der Waals surface area (Å²) < 4.78 is 0. The van der Waals surface area contributed by atoms with E-state index in [2.05, 4.69) is 10.6 Å². The summed E-state index contributed by atoms with van der Waals surface area (Å²) in [6.45, 7) is 1.31. The molecule has 1 aromatic rings. The van der Waals surface area contributed by atoms with Gasteiger partial charge in [-0.2, -0.15) is 5.26 Å². The molecule has 100 valence electrons. The van der Waals surface area contributed by atoms with Gasteiger partial charge in [0.1, 0.15) is 6.29 Å². The second kappa shape index (κ2) is 8.84. The first-order valence-electron chi connectivity index (χ1n) is 6.15. The zero-order valence-corrected chi connectivity index (χ0v) is 10.7. The smallest absolute Gasteiger partial charge is 0.220 e. The summed E-state index contributed by atoms with van der Waals surface area (Å²) in [6, 6.07) is 9.13. The summed E-state index contributed by atoms with van der Waals surface area (Å²) in [5, 5.41) is 14.0. The van der Waals surface area contributed by atoms with Gasteiger partial charge >= 0.3 is 0 Å². The number of aldehydes is 1. The van der Waals surface area contributed by atoms with Crippen LogP contribution in [0, 0.1) is 11.3 Å². The molecule has 0 saturated carbocycles. The van der Waals surface area contributed by atoms with Crippen LogP contribution in [-0.4, -0.2) is 25.3 Å². The van der Waals surface area contributed by atoms with Crippen LogP contribution in [0.1, 0.15) is 28.8 Å². The SMILES string of the molecule is N#CCNCCCC(=O)NCc1ccccc1C=O. The normalized spacial score (nSPS) is 9.63. The summed E-state index contributed by atoms with van der Waals surface area (Å²) in [4.78, 5) is 22.4. The lowest BCUT2D eigenvalue weighted by Crippen LogP contribution is -2.24. The van der Waals surface area contributed by atoms with Crippen LogP contribution in [0.25, 0.3) is 0 Å². The number of carbonyl (C=O) groups is 2. The Balaban J connectivity index is 2.26. The number of benzene rings is 1. The Labute approximate surface area is 112 Å². The number of nitrogens with one attached hydrogen (secondary N) is 2. The number of amides is 1. The Morgan fingerprint density at radius 1 is 1.37 bits per heavy atom. The fourth-order valence-electron chi connectivity index (χ4n) is 1.61. The van der Waals surface area contributed by atoms with E-state index in [-0.39, 0.29) is 5.91 Å². The number of nitrogens with zero attached hydrogens (tertiary/aromatic N) is 1. The van der Waals surface area contributed by atoms with Gasteiger partial charge in [-0.3, -0.25) is 9.59 Å². The molecule has 5 nitrogen and oxygen atoms in total. The lowest BCUT2D eigenvalue weighted by atomic mass is 10.1. The summed E-state index contributed by atoms with van der Waals surface area (Å²) >= 11 is 0. The first-order valence-corrected chi connectivity index (χ1v) is 6.15. The Morgan fingerprint density at radius 3 is 2.89 bits per heavy atom. The second-order valence-electron chi connectivity index (χ2n) is 4.03. The quantitative estimate of drug-likeness (QED) is 0.414. The van der Waals surface area contributed by atoms with Gasteiger partial charge in [0.05, 0.1) is 12.6 Å². The van der Waals surface area contributed by atoms with Crippen molar-refractivity contribution in [2.75, 3.05) is 13.1 Å². The maximum absolute atomic E-state index is 11.6. The lowest BCUT2D eigenvalue weighted by Gasteiger charge is -2.07. The highest BCUT2D eigenvalue weighted by molar-refractivity contribution is 5.78. The van der Waals surface area contributed by atoms with E-state index >= 15 is 0 Å². The van der Waals surface area contributed by atoms with Crippen molar-refractivity contribution in [3.63, 3.8) is 0 Å². The summed E-state index contributed by atoms with van der Waals surface area (Å²) in [6.07, 6.45) is 1.87. The summed E-state index contributed by atoms with van der Waals surface area (Å²) in [7, 11) is 0. The molecule has 0 fully saturated rings. The molecule has 1 aromatic carbocycles. The van der Waals surface area contributed by atoms with Crippen molar-refractivity contribution < 1.29 is 9.59 Å². The van der Waals surface area contributed by atoms with E-state index in [1.807, 2.05) is 18.2 Å². The standard InChI is InChI=1S/C14H17N3O2/c15-7-9-16-8-3-6-14(19)17-10-12-4-1-2-5-13(12)11-18/h1-2,4-5,11,16H,3,6,8-10H2,(H,17,19). The van der Waals surface area contributed by atoms with Crippen molar-refractivity contribution in [3.8, 4) is 6.07 Å². The lowest BCUT2D eigenvalue weighted by molar-refractivity contribution is -0.121. The molecule has 1 rings (SSSR count). The van der Waals surface area contributed by atoms with Gasteiger partial charge in [-0.05, 0) is 18.5 Å². The maximum atomic E-state index is 11.6. The molecular weight excluding hydrogens is 242 g/mol. The molecular formula is C14H17N3O2. The van der Waals surface area contributed by atoms with Crippen LogP contribution < -0.4 is 10.6 Å². The minimum Gasteiger partial charge on any atom is -0.352 e. The van der Waals surface area contributed by atoms with Gasteiger partial charge in [0.25, 0.3) is 0 Å². The molecule has 0 aliphatic carbocycles. The fraction of sp³-hybridized carbons (Fsp3) is 0.357. The molecule has 19 heavy (non-hydrogen) atoms. The van der Waals surface area contributed by atoms with Gasteiger partial charge in [-0.15, -0.1) is 0 Å². The van der Waals surface area contributed by atoms with Crippen LogP contribution in [-0.2, 0) is 11.3 Å². The number of hydrogen-bond acceptors (Lipinski definition) is 4. The molecule has 0 unspecified atom stereocenters. The third kappa shape index (κ3) is 5.80. The monoisotopic (exact) mass is 259 g/mol. The molecule has 0 spiro atoms. The molecule has 0 atom stereocenters. The fourth-order valence-corrected chi connectivity index (χ4v) is 1.61. The van der Waals surface area contributed by atoms with Crippen LogP contribution in [0.4, 0.5) is 0 Å². The predicted octanol–water partition coefficient (Wildman–Crippen LogP) is 1.01. The third-order valence-corrected chi connectivity index (χ3v) is 2.62. The Hall–Kier alpha value is -2.19. The van der Waals surface area contributed by atoms with Gasteiger partial charge in [-0.25, -0.2) is 0 Å². The minimum absolute atomic E-state index is 0.0561. The average Bonchev–Trinajstić information content (AvgIpc) is 2.45. The highest BCUT2D eigenvalue weighted by Crippen LogP contribution is 2.05. The molecule has 5 heteroatoms. The summed E-state index contributed by atoms with van der Waals surface area (Å²) in [5.74, 6) is -0.0561. The molecule has 0 heterocycles. The van der Waals surface area contributed by atoms with Crippen molar-refractivity contribution in [2.24, 2.45) is 0 Å². The topological polar surface area (TPSA) is 82.0 Å². The second-order valence-corrected chi connectivity index (χ2v) is 4.03. The van der Waals surface area contributed by atoms with E-state index in [1.165, 1.54) is 0 Å². The molecule has 0 aliphatic heterocycles. The largest absolute Gasteiger partial charge is 0.352 e. The number of rotatable bonds is 8. The highest BCUT2D eigenvalue weighted by Gasteiger charge is 2.03. The zero-order valence-electron chi connectivity index (χ0n) is 10.7. The van der Waals surface area contributed by atoms with Crippen molar-refractivity contribution in [3.05, 3.63) is 35.4 Å². The van der Waals surface area contributed by atoms with Gasteiger partial charge in [0, 0.05) is 18.5 Å². The van der Waals surface area contributed by atoms with Crippen molar-refractivity contribution in [1.29, 1.82) is 5.26 Å². The third-order valence-electron chi connectivity index (χ3n) is 2.62. The van der Waals surface area contributed by atoms with Gasteiger partial charge < -0.3 is 10.6 Å². The number of nitriles is 1. The molecule has 2 N–H and O–H groups in total. The van der Waals surface area contributed by atoms with Crippen molar-refractivity contribution in [2.45, 2.75) is 19.4 Å². The minimum atomic E-state index is -0.0561. The predicted molar refractivity (Wildman–Crippen MR) is 71.4 cm³/mol. The maximum Gasteiger partial charge on any atom is 0.220 e. The van der Waals surface area contributed by atoms with E-state index in [9.17, 15) is 9.59 Å². The Kier molecular flexibility index (Phi) is 6.92. The zero-order chi connectivity index (χ0) is 13.9. The van der Waals surface area contributed by atoms with Crippen LogP contribution >= 0.6 is 0 Å². The highest BCUT2D eigenvalue weighted by atomic mass is 16.1. The molecule has 1 amide bonds. The van der Waals surface area contributed by atoms with Crippen LogP contribution in [0.15, 0.2) is 24.3 Å². The van der Waals surface area contributed by atoms with Crippen LogP contribution in [0.5, 0.6) is 0 Å². The number of carbonyl (C=O) groups excluding carboxylic acids is 2. The van der Waals surface area contributed by atoms with E-state index in [0.717, 1.165) is 11.8 Å². The Bertz CT molecular complexity index is 466. The van der Waals surface area contributed by atoms with Crippen LogP contribution in [0.2, 0.25) is 0 Å². The first kappa shape index (κ1) is 14.9. The summed E-state index contributed by atoms with van der Waals surface area (Å²) in [5.41, 5.74) is 1.41. The average molecular weight is 259 g/mol. The van der Waals surface area contributed by atoms with E-state index in [0.29, 0.717) is 38.0 Å². The number of hydrogen-bond donors (Lipinski definition) is 2. The molecule has 0 radical (unpaired) electrons. The molecule has 0 bridgehead atoms. The van der Waals surface area contributed by atoms with E-state index in [1.54, 1.807) is 12.1 Å². The van der Waals surface area contributed by atoms with E-state index in [4.69, 9.17) is 5.26 Å². The van der Waals surface area contributed by atoms with Crippen molar-refractivity contribution in [1.82, 2.24) is 10.6 Å². The van der Waals surface area contributed by atoms with Gasteiger partial charge in [0.2, 0.25) is 5.91 Å². The molecule has 0 saturated heterocycles. The molecule has 0 aliphatic rings. The van der Waals surface area contributed by atoms with Crippen LogP contribution in [0.3, 0.4) is 0 Å². The first-order chi connectivity index (χ1) is 9.27. The molecule has 0 aromatic heterocycles. The van der Waals surface area contributed by atoms with Crippen molar-refractivity contribution >= 4 is 12.2 Å². The van der Waals surface area contributed by atoms with Gasteiger partial charge in [-0.1, -0.05) is 24.3 Å². The van der Waals surface area contributed by atoms with Gasteiger partial charge in [0.15, 0.2) is 0 Å². The Morgan fingerprint density at radius 2 is 2.16 bits per heavy atom.